The van der Waals surface area contributed by atoms with Crippen LogP contribution in [0, 0.1) is 5.41 Å². The molecule has 3 nitrogen and oxygen atoms in total. The van der Waals surface area contributed by atoms with Gasteiger partial charge >= 0.3 is 0 Å². The highest BCUT2D eigenvalue weighted by molar-refractivity contribution is 9.10. The van der Waals surface area contributed by atoms with Gasteiger partial charge in [0.15, 0.2) is 0 Å². The number of aryl methyl sites for hydroxylation is 1. The van der Waals surface area contributed by atoms with Gasteiger partial charge in [-0.3, -0.25) is 5.41 Å². The van der Waals surface area contributed by atoms with Crippen LogP contribution in [0.15, 0.2) is 46.9 Å². The Hall–Kier alpha value is -1.81. The summed E-state index contributed by atoms with van der Waals surface area (Å²) in [6.45, 7) is 2.14. The molecule has 0 aliphatic heterocycles. The summed E-state index contributed by atoms with van der Waals surface area (Å²) in [6, 6.07) is 14.2. The van der Waals surface area contributed by atoms with E-state index in [1.165, 1.54) is 5.56 Å². The lowest BCUT2D eigenvalue weighted by molar-refractivity contribution is 1.13. The summed E-state index contributed by atoms with van der Waals surface area (Å²) >= 11 is 3.47. The third-order valence-corrected chi connectivity index (χ3v) is 3.84. The molecule has 0 aliphatic carbocycles. The van der Waals surface area contributed by atoms with Crippen LogP contribution in [0.2, 0.25) is 0 Å². The lowest BCUT2D eigenvalue weighted by Gasteiger charge is -2.23. The number of nitrogens with two attached hydrogens (primary N) is 1. The number of nitrogens with zero attached hydrogens (tertiary/aromatic N) is 1. The van der Waals surface area contributed by atoms with Crippen molar-refractivity contribution >= 4 is 33.1 Å². The second kappa shape index (κ2) is 6.09. The van der Waals surface area contributed by atoms with Gasteiger partial charge in [0.25, 0.3) is 0 Å². The van der Waals surface area contributed by atoms with Crippen LogP contribution in [-0.4, -0.2) is 12.9 Å². The third-order valence-electron chi connectivity index (χ3n) is 3.34. The normalized spacial score (nSPS) is 10.3. The molecule has 2 aromatic carbocycles. The summed E-state index contributed by atoms with van der Waals surface area (Å²) in [5, 5.41) is 7.70. The summed E-state index contributed by atoms with van der Waals surface area (Å²) < 4.78 is 0.967. The highest BCUT2D eigenvalue weighted by atomic mass is 79.9. The summed E-state index contributed by atoms with van der Waals surface area (Å²) in [5.74, 6) is 0.0736. The smallest absolute Gasteiger partial charge is 0.124 e. The number of halogens is 1. The van der Waals surface area contributed by atoms with E-state index in [2.05, 4.69) is 47.1 Å². The van der Waals surface area contributed by atoms with Crippen LogP contribution < -0.4 is 10.6 Å². The van der Waals surface area contributed by atoms with Crippen molar-refractivity contribution in [1.82, 2.24) is 0 Å². The Morgan fingerprint density at radius 1 is 1.20 bits per heavy atom. The number of nitrogen functional groups attached to an aromatic ring is 1. The van der Waals surface area contributed by atoms with E-state index in [0.717, 1.165) is 27.8 Å². The van der Waals surface area contributed by atoms with Crippen molar-refractivity contribution in [3.05, 3.63) is 58.1 Å². The van der Waals surface area contributed by atoms with Gasteiger partial charge in [-0.15, -0.1) is 0 Å². The van der Waals surface area contributed by atoms with E-state index < -0.39 is 0 Å². The van der Waals surface area contributed by atoms with Crippen molar-refractivity contribution < 1.29 is 0 Å². The molecule has 0 saturated carbocycles. The molecule has 0 atom stereocenters. The van der Waals surface area contributed by atoms with Gasteiger partial charge in [-0.05, 0) is 42.3 Å². The van der Waals surface area contributed by atoms with Crippen LogP contribution in [0.5, 0.6) is 0 Å². The molecule has 0 amide bonds. The predicted octanol–water partition coefficient (Wildman–Crippen LogP) is 4.06. The van der Waals surface area contributed by atoms with Crippen molar-refractivity contribution in [3.8, 4) is 0 Å². The van der Waals surface area contributed by atoms with E-state index in [1.54, 1.807) is 0 Å². The molecule has 0 bridgehead atoms. The zero-order valence-corrected chi connectivity index (χ0v) is 13.2. The minimum Gasteiger partial charge on any atom is -0.384 e. The van der Waals surface area contributed by atoms with Gasteiger partial charge in [0, 0.05) is 22.8 Å². The van der Waals surface area contributed by atoms with E-state index in [4.69, 9.17) is 11.1 Å². The quantitative estimate of drug-likeness (QED) is 0.655. The first-order chi connectivity index (χ1) is 9.52. The largest absolute Gasteiger partial charge is 0.384 e. The number of benzene rings is 2. The molecule has 2 rings (SSSR count). The Kier molecular flexibility index (Phi) is 4.45. The minimum atomic E-state index is 0.0736. The molecule has 0 unspecified atom stereocenters. The van der Waals surface area contributed by atoms with Crippen LogP contribution in [0.1, 0.15) is 18.1 Å². The van der Waals surface area contributed by atoms with Gasteiger partial charge in [-0.2, -0.15) is 0 Å². The molecule has 104 valence electrons. The van der Waals surface area contributed by atoms with Crippen molar-refractivity contribution in [2.75, 3.05) is 11.9 Å². The van der Waals surface area contributed by atoms with Crippen molar-refractivity contribution in [2.24, 2.45) is 5.73 Å². The summed E-state index contributed by atoms with van der Waals surface area (Å²) in [4.78, 5) is 2.04. The summed E-state index contributed by atoms with van der Waals surface area (Å²) in [5.41, 5.74) is 9.69. The number of rotatable bonds is 4. The zero-order valence-electron chi connectivity index (χ0n) is 11.7. The van der Waals surface area contributed by atoms with Gasteiger partial charge in [0.05, 0.1) is 5.69 Å². The topological polar surface area (TPSA) is 53.1 Å². The Labute approximate surface area is 128 Å². The lowest BCUT2D eigenvalue weighted by Crippen LogP contribution is -2.18. The first kappa shape index (κ1) is 14.6. The maximum Gasteiger partial charge on any atom is 0.124 e. The third kappa shape index (κ3) is 3.02. The molecule has 0 spiro atoms. The zero-order chi connectivity index (χ0) is 14.7. The summed E-state index contributed by atoms with van der Waals surface area (Å²) in [6.07, 6.45) is 1.03. The van der Waals surface area contributed by atoms with Crippen LogP contribution in [0.4, 0.5) is 11.4 Å². The molecule has 0 heterocycles. The van der Waals surface area contributed by atoms with Crippen molar-refractivity contribution in [2.45, 2.75) is 13.3 Å². The number of nitrogens with one attached hydrogen (secondary N) is 1. The van der Waals surface area contributed by atoms with Crippen LogP contribution in [-0.2, 0) is 6.42 Å². The Balaban J connectivity index is 2.43. The van der Waals surface area contributed by atoms with E-state index >= 15 is 0 Å². The fourth-order valence-electron chi connectivity index (χ4n) is 2.10. The van der Waals surface area contributed by atoms with E-state index in [-0.39, 0.29) is 5.84 Å². The van der Waals surface area contributed by atoms with Gasteiger partial charge in [-0.1, -0.05) is 35.0 Å². The van der Waals surface area contributed by atoms with Crippen molar-refractivity contribution in [1.29, 1.82) is 5.41 Å². The molecule has 0 saturated heterocycles. The molecule has 0 aromatic heterocycles. The molecule has 2 aromatic rings. The number of hydrogen-bond donors (Lipinski definition) is 2. The first-order valence-corrected chi connectivity index (χ1v) is 7.29. The highest BCUT2D eigenvalue weighted by Gasteiger charge is 2.12. The molecule has 4 heteroatoms. The standard InChI is InChI=1S/C16H18BrN3/c1-3-11-4-7-13(8-5-11)20(2)15-10-12(17)6-9-14(15)16(18)19/h4-10H,3H2,1-2H3,(H3,18,19). The molecule has 0 radical (unpaired) electrons. The second-order valence-corrected chi connectivity index (χ2v) is 5.57. The monoisotopic (exact) mass is 331 g/mol. The SMILES string of the molecule is CCc1ccc(N(C)c2cc(Br)ccc2C(=N)N)cc1. The summed E-state index contributed by atoms with van der Waals surface area (Å²) in [7, 11) is 1.98. The first-order valence-electron chi connectivity index (χ1n) is 6.49. The van der Waals surface area contributed by atoms with Gasteiger partial charge in [0.2, 0.25) is 0 Å². The average molecular weight is 332 g/mol. The molecule has 20 heavy (non-hydrogen) atoms. The van der Waals surface area contributed by atoms with Crippen molar-refractivity contribution in [3.63, 3.8) is 0 Å². The Bertz CT molecular complexity index is 620. The second-order valence-electron chi connectivity index (χ2n) is 4.65. The van der Waals surface area contributed by atoms with Crippen LogP contribution >= 0.6 is 15.9 Å². The highest BCUT2D eigenvalue weighted by Crippen LogP contribution is 2.30. The van der Waals surface area contributed by atoms with Gasteiger partial charge in [0.1, 0.15) is 5.84 Å². The fourth-order valence-corrected chi connectivity index (χ4v) is 2.45. The lowest BCUT2D eigenvalue weighted by atomic mass is 10.1. The maximum absolute atomic E-state index is 7.70. The van der Waals surface area contributed by atoms with E-state index in [0.29, 0.717) is 0 Å². The Morgan fingerprint density at radius 2 is 1.85 bits per heavy atom. The van der Waals surface area contributed by atoms with Crippen LogP contribution in [0.3, 0.4) is 0 Å². The number of amidine groups is 1. The number of hydrogen-bond acceptors (Lipinski definition) is 2. The molecule has 0 fully saturated rings. The predicted molar refractivity (Wildman–Crippen MR) is 89.0 cm³/mol. The maximum atomic E-state index is 7.70. The van der Waals surface area contributed by atoms with Gasteiger partial charge in [-0.25, -0.2) is 0 Å². The van der Waals surface area contributed by atoms with Crippen LogP contribution in [0.25, 0.3) is 0 Å². The molecular formula is C16H18BrN3. The van der Waals surface area contributed by atoms with E-state index in [9.17, 15) is 0 Å². The Morgan fingerprint density at radius 3 is 2.40 bits per heavy atom. The molecule has 3 N–H and O–H groups in total. The van der Waals surface area contributed by atoms with Gasteiger partial charge < -0.3 is 10.6 Å². The van der Waals surface area contributed by atoms with E-state index in [1.807, 2.05) is 30.1 Å². The fraction of sp³-hybridized carbons (Fsp3) is 0.188. The average Bonchev–Trinajstić information content (AvgIpc) is 2.46. The number of anilines is 2. The molecule has 0 aliphatic rings. The molecular weight excluding hydrogens is 314 g/mol. The minimum absolute atomic E-state index is 0.0736.